The molecule has 0 bridgehead atoms. The van der Waals surface area contributed by atoms with Gasteiger partial charge in [-0.15, -0.1) is 6.58 Å². The van der Waals surface area contributed by atoms with E-state index in [1.165, 1.54) is 12.1 Å². The summed E-state index contributed by atoms with van der Waals surface area (Å²) >= 11 is 0. The summed E-state index contributed by atoms with van der Waals surface area (Å²) in [5.74, 6) is 0.369. The van der Waals surface area contributed by atoms with Crippen molar-refractivity contribution in [3.05, 3.63) is 90.4 Å². The Balaban J connectivity index is 1.88. The second-order valence-corrected chi connectivity index (χ2v) is 5.81. The fourth-order valence-electron chi connectivity index (χ4n) is 2.42. The molecule has 0 atom stereocenters. The number of halogens is 1. The minimum absolute atomic E-state index is 0.257. The van der Waals surface area contributed by atoms with Gasteiger partial charge in [-0.3, -0.25) is 4.79 Å². The van der Waals surface area contributed by atoms with Crippen LogP contribution in [0.2, 0.25) is 0 Å². The van der Waals surface area contributed by atoms with Gasteiger partial charge >= 0.3 is 0 Å². The molecule has 3 rings (SSSR count). The zero-order chi connectivity index (χ0) is 19.1. The van der Waals surface area contributed by atoms with Crippen LogP contribution in [-0.4, -0.2) is 22.4 Å². The molecule has 0 radical (unpaired) electrons. The van der Waals surface area contributed by atoms with Crippen LogP contribution in [0.3, 0.4) is 0 Å². The smallest absolute Gasteiger partial charge is 0.270 e. The normalized spacial score (nSPS) is 10.3. The van der Waals surface area contributed by atoms with E-state index in [0.717, 1.165) is 11.1 Å². The zero-order valence-electron chi connectivity index (χ0n) is 14.7. The number of hydrogen-bond acceptors (Lipinski definition) is 4. The summed E-state index contributed by atoms with van der Waals surface area (Å²) in [4.78, 5) is 21.2. The van der Waals surface area contributed by atoms with Crippen molar-refractivity contribution >= 4 is 11.7 Å². The lowest BCUT2D eigenvalue weighted by atomic mass is 10.2. The molecular weight excluding hydrogens is 343 g/mol. The van der Waals surface area contributed by atoms with E-state index in [1.807, 2.05) is 30.3 Å². The lowest BCUT2D eigenvalue weighted by Crippen LogP contribution is -2.24. The number of carbonyl (C=O) groups excluding carboxylic acids is 1. The maximum atomic E-state index is 13.0. The van der Waals surface area contributed by atoms with Crippen molar-refractivity contribution in [2.75, 3.05) is 11.9 Å². The molecule has 2 N–H and O–H groups in total. The number of amides is 1. The predicted molar refractivity (Wildman–Crippen MR) is 104 cm³/mol. The molecule has 2 aromatic carbocycles. The van der Waals surface area contributed by atoms with Crippen LogP contribution in [0.15, 0.2) is 73.3 Å². The Morgan fingerprint density at radius 2 is 1.81 bits per heavy atom. The fourth-order valence-corrected chi connectivity index (χ4v) is 2.42. The van der Waals surface area contributed by atoms with Gasteiger partial charge in [-0.2, -0.15) is 0 Å². The van der Waals surface area contributed by atoms with Crippen molar-refractivity contribution in [2.45, 2.75) is 6.54 Å². The molecule has 1 aromatic heterocycles. The van der Waals surface area contributed by atoms with Crippen molar-refractivity contribution in [3.63, 3.8) is 0 Å². The van der Waals surface area contributed by atoms with Gasteiger partial charge < -0.3 is 10.6 Å². The molecule has 1 amide bonds. The third-order valence-corrected chi connectivity index (χ3v) is 3.78. The van der Waals surface area contributed by atoms with Crippen LogP contribution in [0.1, 0.15) is 16.1 Å². The largest absolute Gasteiger partial charge is 0.366 e. The number of benzene rings is 2. The Bertz CT molecular complexity index is 927. The van der Waals surface area contributed by atoms with Crippen LogP contribution >= 0.6 is 0 Å². The van der Waals surface area contributed by atoms with E-state index < -0.39 is 0 Å². The lowest BCUT2D eigenvalue weighted by molar-refractivity contribution is 0.0953. The highest BCUT2D eigenvalue weighted by molar-refractivity contribution is 5.93. The number of nitrogens with one attached hydrogen (secondary N) is 2. The van der Waals surface area contributed by atoms with Crippen LogP contribution in [0.25, 0.3) is 11.4 Å². The van der Waals surface area contributed by atoms with Crippen LogP contribution in [0, 0.1) is 5.82 Å². The number of hydrogen-bond donors (Lipinski definition) is 2. The number of rotatable bonds is 7. The lowest BCUT2D eigenvalue weighted by Gasteiger charge is -2.10. The molecule has 0 saturated carbocycles. The number of nitrogens with zero attached hydrogens (tertiary/aromatic N) is 2. The minimum atomic E-state index is -0.306. The van der Waals surface area contributed by atoms with E-state index in [1.54, 1.807) is 24.3 Å². The molecule has 0 saturated heterocycles. The molecule has 6 heteroatoms. The van der Waals surface area contributed by atoms with Gasteiger partial charge in [0, 0.05) is 24.7 Å². The van der Waals surface area contributed by atoms with Crippen LogP contribution in [0.5, 0.6) is 0 Å². The van der Waals surface area contributed by atoms with E-state index in [9.17, 15) is 9.18 Å². The molecule has 1 heterocycles. The Morgan fingerprint density at radius 1 is 1.07 bits per heavy atom. The molecule has 0 fully saturated rings. The maximum absolute atomic E-state index is 13.0. The summed E-state index contributed by atoms with van der Waals surface area (Å²) in [6.07, 6.45) is 1.60. The first-order chi connectivity index (χ1) is 13.2. The molecule has 0 aliphatic rings. The molecular formula is C21H19FN4O. The van der Waals surface area contributed by atoms with Crippen LogP contribution in [0.4, 0.5) is 10.2 Å². The van der Waals surface area contributed by atoms with Crippen LogP contribution in [-0.2, 0) is 6.54 Å². The summed E-state index contributed by atoms with van der Waals surface area (Å²) in [6, 6.07) is 17.2. The van der Waals surface area contributed by atoms with Gasteiger partial charge in [-0.1, -0.05) is 48.5 Å². The van der Waals surface area contributed by atoms with E-state index in [2.05, 4.69) is 27.2 Å². The summed E-state index contributed by atoms with van der Waals surface area (Å²) in [6.45, 7) is 4.38. The van der Waals surface area contributed by atoms with Crippen molar-refractivity contribution < 1.29 is 9.18 Å². The summed E-state index contributed by atoms with van der Waals surface area (Å²) in [5, 5.41) is 5.89. The molecule has 27 heavy (non-hydrogen) atoms. The number of carbonyl (C=O) groups is 1. The van der Waals surface area contributed by atoms with Gasteiger partial charge in [0.2, 0.25) is 0 Å². The monoisotopic (exact) mass is 362 g/mol. The highest BCUT2D eigenvalue weighted by Gasteiger charge is 2.12. The molecule has 0 aliphatic heterocycles. The van der Waals surface area contributed by atoms with Crippen molar-refractivity contribution in [1.29, 1.82) is 0 Å². The first-order valence-electron chi connectivity index (χ1n) is 8.47. The summed E-state index contributed by atoms with van der Waals surface area (Å²) in [5.41, 5.74) is 1.96. The van der Waals surface area contributed by atoms with E-state index >= 15 is 0 Å². The second-order valence-electron chi connectivity index (χ2n) is 5.81. The van der Waals surface area contributed by atoms with E-state index in [0.29, 0.717) is 24.7 Å². The highest BCUT2D eigenvalue weighted by Crippen LogP contribution is 2.18. The topological polar surface area (TPSA) is 66.9 Å². The van der Waals surface area contributed by atoms with Gasteiger partial charge in [0.15, 0.2) is 5.82 Å². The SMILES string of the molecule is C=CCNC(=O)c1cc(NCc2ccc(F)cc2)nc(-c2ccccc2)n1. The van der Waals surface area contributed by atoms with E-state index in [-0.39, 0.29) is 17.4 Å². The molecule has 3 aromatic rings. The average Bonchev–Trinajstić information content (AvgIpc) is 2.72. The third kappa shape index (κ3) is 4.98. The predicted octanol–water partition coefficient (Wildman–Crippen LogP) is 3.81. The highest BCUT2D eigenvalue weighted by atomic mass is 19.1. The van der Waals surface area contributed by atoms with Gasteiger partial charge in [-0.05, 0) is 17.7 Å². The Hall–Kier alpha value is -3.54. The molecule has 0 unspecified atom stereocenters. The van der Waals surface area contributed by atoms with Crippen molar-refractivity contribution in [2.24, 2.45) is 0 Å². The van der Waals surface area contributed by atoms with Gasteiger partial charge in [0.05, 0.1) is 0 Å². The Kier molecular flexibility index (Phi) is 5.89. The molecule has 136 valence electrons. The quantitative estimate of drug-likeness (QED) is 0.627. The van der Waals surface area contributed by atoms with Gasteiger partial charge in [-0.25, -0.2) is 14.4 Å². The van der Waals surface area contributed by atoms with Gasteiger partial charge in [0.25, 0.3) is 5.91 Å². The maximum Gasteiger partial charge on any atom is 0.270 e. The fraction of sp³-hybridized carbons (Fsp3) is 0.0952. The van der Waals surface area contributed by atoms with Crippen molar-refractivity contribution in [1.82, 2.24) is 15.3 Å². The number of anilines is 1. The first-order valence-corrected chi connectivity index (χ1v) is 8.47. The summed E-state index contributed by atoms with van der Waals surface area (Å²) < 4.78 is 13.0. The van der Waals surface area contributed by atoms with Crippen molar-refractivity contribution in [3.8, 4) is 11.4 Å². The molecule has 5 nitrogen and oxygen atoms in total. The summed E-state index contributed by atoms with van der Waals surface area (Å²) in [7, 11) is 0. The number of aromatic nitrogens is 2. The molecule has 0 aliphatic carbocycles. The average molecular weight is 362 g/mol. The molecule has 0 spiro atoms. The minimum Gasteiger partial charge on any atom is -0.366 e. The first kappa shape index (κ1) is 18.3. The zero-order valence-corrected chi connectivity index (χ0v) is 14.7. The van der Waals surface area contributed by atoms with Gasteiger partial charge in [0.1, 0.15) is 17.3 Å². The van der Waals surface area contributed by atoms with E-state index in [4.69, 9.17) is 0 Å². The third-order valence-electron chi connectivity index (χ3n) is 3.78. The Morgan fingerprint density at radius 3 is 2.52 bits per heavy atom. The second kappa shape index (κ2) is 8.71. The Labute approximate surface area is 157 Å². The standard InChI is InChI=1S/C21H19FN4O/c1-2-12-23-21(27)18-13-19(24-14-15-8-10-17(22)11-9-15)26-20(25-18)16-6-4-3-5-7-16/h2-11,13H,1,12,14H2,(H,23,27)(H,24,25,26). The van der Waals surface area contributed by atoms with Crippen LogP contribution < -0.4 is 10.6 Å².